The van der Waals surface area contributed by atoms with E-state index in [4.69, 9.17) is 0 Å². The van der Waals surface area contributed by atoms with E-state index in [2.05, 4.69) is 44.6 Å². The second-order valence-corrected chi connectivity index (χ2v) is 5.74. The maximum absolute atomic E-state index is 4.47. The molecular formula is C11H16BrN3. The number of anilines is 1. The molecule has 0 aliphatic carbocycles. The molecule has 0 saturated carbocycles. The quantitative estimate of drug-likeness (QED) is 0.735. The molecule has 0 N–H and O–H groups in total. The van der Waals surface area contributed by atoms with Crippen molar-refractivity contribution in [3.63, 3.8) is 0 Å². The molecule has 1 aliphatic rings. The van der Waals surface area contributed by atoms with Crippen LogP contribution < -0.4 is 4.90 Å². The maximum atomic E-state index is 4.47. The van der Waals surface area contributed by atoms with Gasteiger partial charge in [0.25, 0.3) is 0 Å². The van der Waals surface area contributed by atoms with Crippen molar-refractivity contribution >= 4 is 21.7 Å². The van der Waals surface area contributed by atoms with Gasteiger partial charge in [0.2, 0.25) is 0 Å². The van der Waals surface area contributed by atoms with E-state index in [0.29, 0.717) is 5.41 Å². The number of halogens is 1. The molecule has 4 heteroatoms. The summed E-state index contributed by atoms with van der Waals surface area (Å²) in [6.45, 7) is 8.70. The van der Waals surface area contributed by atoms with Gasteiger partial charge in [-0.2, -0.15) is 0 Å². The Labute approximate surface area is 99.0 Å². The monoisotopic (exact) mass is 269 g/mol. The molecule has 3 nitrogen and oxygen atoms in total. The van der Waals surface area contributed by atoms with Crippen LogP contribution in [0.4, 0.5) is 5.82 Å². The van der Waals surface area contributed by atoms with E-state index >= 15 is 0 Å². The highest BCUT2D eigenvalue weighted by Crippen LogP contribution is 2.32. The SMILES string of the molecule is Cc1nc(Br)cc(N2CCC(C)(C)C2)n1. The van der Waals surface area contributed by atoms with Gasteiger partial charge in [-0.15, -0.1) is 0 Å². The van der Waals surface area contributed by atoms with E-state index < -0.39 is 0 Å². The minimum atomic E-state index is 0.408. The molecule has 2 heterocycles. The van der Waals surface area contributed by atoms with Gasteiger partial charge in [0.15, 0.2) is 0 Å². The van der Waals surface area contributed by atoms with E-state index in [1.165, 1.54) is 6.42 Å². The first kappa shape index (κ1) is 10.9. The number of hydrogen-bond acceptors (Lipinski definition) is 3. The first-order chi connectivity index (χ1) is 6.96. The Hall–Kier alpha value is -0.640. The van der Waals surface area contributed by atoms with Gasteiger partial charge in [0, 0.05) is 19.2 Å². The maximum Gasteiger partial charge on any atom is 0.133 e. The van der Waals surface area contributed by atoms with Crippen LogP contribution in [0, 0.1) is 12.3 Å². The summed E-state index contributed by atoms with van der Waals surface area (Å²) in [5, 5.41) is 0. The molecule has 0 spiro atoms. The molecule has 82 valence electrons. The summed E-state index contributed by atoms with van der Waals surface area (Å²) >= 11 is 3.41. The first-order valence-corrected chi connectivity index (χ1v) is 6.02. The molecule has 0 bridgehead atoms. The number of nitrogens with zero attached hydrogens (tertiary/aromatic N) is 3. The van der Waals surface area contributed by atoms with Crippen molar-refractivity contribution in [2.24, 2.45) is 5.41 Å². The van der Waals surface area contributed by atoms with Crippen LogP contribution in [-0.2, 0) is 0 Å². The Bertz CT molecular complexity index is 356. The Morgan fingerprint density at radius 3 is 2.67 bits per heavy atom. The lowest BCUT2D eigenvalue weighted by Crippen LogP contribution is -2.23. The smallest absolute Gasteiger partial charge is 0.133 e. The van der Waals surface area contributed by atoms with Crippen LogP contribution >= 0.6 is 15.9 Å². The van der Waals surface area contributed by atoms with Crippen molar-refractivity contribution < 1.29 is 0 Å². The van der Waals surface area contributed by atoms with Gasteiger partial charge in [-0.3, -0.25) is 0 Å². The molecule has 15 heavy (non-hydrogen) atoms. The third-order valence-corrected chi connectivity index (χ3v) is 3.20. The number of aryl methyl sites for hydroxylation is 1. The summed E-state index contributed by atoms with van der Waals surface area (Å²) in [5.41, 5.74) is 0.408. The van der Waals surface area contributed by atoms with E-state index in [1.807, 2.05) is 13.0 Å². The van der Waals surface area contributed by atoms with Crippen molar-refractivity contribution in [1.82, 2.24) is 9.97 Å². The van der Waals surface area contributed by atoms with Crippen LogP contribution in [0.15, 0.2) is 10.7 Å². The highest BCUT2D eigenvalue weighted by atomic mass is 79.9. The second kappa shape index (κ2) is 3.74. The lowest BCUT2D eigenvalue weighted by molar-refractivity contribution is 0.418. The van der Waals surface area contributed by atoms with E-state index in [0.717, 1.165) is 29.3 Å². The molecule has 0 unspecified atom stereocenters. The molecule has 0 radical (unpaired) electrons. The summed E-state index contributed by atoms with van der Waals surface area (Å²) in [6, 6.07) is 1.99. The van der Waals surface area contributed by atoms with Crippen molar-refractivity contribution in [3.05, 3.63) is 16.5 Å². The molecule has 1 aliphatic heterocycles. The van der Waals surface area contributed by atoms with Gasteiger partial charge in [-0.1, -0.05) is 13.8 Å². The standard InChI is InChI=1S/C11H16BrN3/c1-8-13-9(12)6-10(14-8)15-5-4-11(2,3)7-15/h6H,4-5,7H2,1-3H3. The van der Waals surface area contributed by atoms with E-state index in [-0.39, 0.29) is 0 Å². The zero-order valence-corrected chi connectivity index (χ0v) is 11.0. The molecular weight excluding hydrogens is 254 g/mol. The zero-order chi connectivity index (χ0) is 11.1. The van der Waals surface area contributed by atoms with Crippen LogP contribution in [0.1, 0.15) is 26.1 Å². The Balaban J connectivity index is 2.24. The second-order valence-electron chi connectivity index (χ2n) is 4.93. The minimum Gasteiger partial charge on any atom is -0.356 e. The molecule has 0 amide bonds. The molecule has 1 fully saturated rings. The van der Waals surface area contributed by atoms with Gasteiger partial charge < -0.3 is 4.90 Å². The third-order valence-electron chi connectivity index (χ3n) is 2.79. The molecule has 1 aromatic heterocycles. The summed E-state index contributed by atoms with van der Waals surface area (Å²) in [4.78, 5) is 11.0. The molecule has 1 saturated heterocycles. The molecule has 1 aromatic rings. The fourth-order valence-corrected chi connectivity index (χ4v) is 2.45. The lowest BCUT2D eigenvalue weighted by Gasteiger charge is -2.20. The van der Waals surface area contributed by atoms with Gasteiger partial charge in [0.05, 0.1) is 0 Å². The average molecular weight is 270 g/mol. The van der Waals surface area contributed by atoms with Crippen LogP contribution in [-0.4, -0.2) is 23.1 Å². The third kappa shape index (κ3) is 2.48. The van der Waals surface area contributed by atoms with E-state index in [1.54, 1.807) is 0 Å². The summed E-state index contributed by atoms with van der Waals surface area (Å²) in [5.74, 6) is 1.86. The van der Waals surface area contributed by atoms with Crippen LogP contribution in [0.2, 0.25) is 0 Å². The average Bonchev–Trinajstić information content (AvgIpc) is 2.44. The highest BCUT2D eigenvalue weighted by molar-refractivity contribution is 9.10. The van der Waals surface area contributed by atoms with Gasteiger partial charge in [-0.25, -0.2) is 9.97 Å². The Morgan fingerprint density at radius 1 is 1.40 bits per heavy atom. The Morgan fingerprint density at radius 2 is 2.13 bits per heavy atom. The van der Waals surface area contributed by atoms with Crippen molar-refractivity contribution in [1.29, 1.82) is 0 Å². The van der Waals surface area contributed by atoms with Crippen molar-refractivity contribution in [2.75, 3.05) is 18.0 Å². The molecule has 0 aromatic carbocycles. The summed E-state index contributed by atoms with van der Waals surface area (Å²) < 4.78 is 0.870. The normalized spacial score (nSPS) is 19.6. The minimum absolute atomic E-state index is 0.408. The lowest BCUT2D eigenvalue weighted by atomic mass is 9.93. The zero-order valence-electron chi connectivity index (χ0n) is 9.42. The number of rotatable bonds is 1. The summed E-state index contributed by atoms with van der Waals surface area (Å²) in [6.07, 6.45) is 1.23. The van der Waals surface area contributed by atoms with E-state index in [9.17, 15) is 0 Å². The Kier molecular flexibility index (Phi) is 2.71. The fourth-order valence-electron chi connectivity index (χ4n) is 1.99. The largest absolute Gasteiger partial charge is 0.356 e. The molecule has 0 atom stereocenters. The topological polar surface area (TPSA) is 29.0 Å². The van der Waals surface area contributed by atoms with Crippen molar-refractivity contribution in [2.45, 2.75) is 27.2 Å². The van der Waals surface area contributed by atoms with Crippen LogP contribution in [0.5, 0.6) is 0 Å². The van der Waals surface area contributed by atoms with Crippen LogP contribution in [0.3, 0.4) is 0 Å². The fraction of sp³-hybridized carbons (Fsp3) is 0.636. The summed E-state index contributed by atoms with van der Waals surface area (Å²) in [7, 11) is 0. The van der Waals surface area contributed by atoms with Crippen molar-refractivity contribution in [3.8, 4) is 0 Å². The predicted molar refractivity (Wildman–Crippen MR) is 65.1 cm³/mol. The molecule has 2 rings (SSSR count). The van der Waals surface area contributed by atoms with Gasteiger partial charge >= 0.3 is 0 Å². The first-order valence-electron chi connectivity index (χ1n) is 5.22. The van der Waals surface area contributed by atoms with Crippen LogP contribution in [0.25, 0.3) is 0 Å². The van der Waals surface area contributed by atoms with Gasteiger partial charge in [0.1, 0.15) is 16.2 Å². The van der Waals surface area contributed by atoms with Gasteiger partial charge in [-0.05, 0) is 34.7 Å². The number of aromatic nitrogens is 2. The number of hydrogen-bond donors (Lipinski definition) is 0. The predicted octanol–water partition coefficient (Wildman–Crippen LogP) is 2.78. The highest BCUT2D eigenvalue weighted by Gasteiger charge is 2.30.